The molecule has 2 atom stereocenters. The zero-order valence-corrected chi connectivity index (χ0v) is 9.76. The summed E-state index contributed by atoms with van der Waals surface area (Å²) < 4.78 is 0. The Morgan fingerprint density at radius 1 is 1.31 bits per heavy atom. The maximum Gasteiger partial charge on any atom is 0.178 e. The van der Waals surface area contributed by atoms with E-state index in [1.807, 2.05) is 0 Å². The second-order valence-corrected chi connectivity index (χ2v) is 4.10. The van der Waals surface area contributed by atoms with Gasteiger partial charge in [0.25, 0.3) is 0 Å². The summed E-state index contributed by atoms with van der Waals surface area (Å²) in [4.78, 5) is 0. The molecule has 1 rings (SSSR count). The average molecular weight is 227 g/mol. The number of nitrogens with zero attached hydrogens (tertiary/aromatic N) is 3. The zero-order valence-electron chi connectivity index (χ0n) is 9.76. The Labute approximate surface area is 95.6 Å². The number of H-pyrrole nitrogens is 1. The van der Waals surface area contributed by atoms with Crippen LogP contribution in [0, 0.1) is 0 Å². The average Bonchev–Trinajstić information content (AvgIpc) is 2.81. The Balaban J connectivity index is 2.17. The highest BCUT2D eigenvalue weighted by Crippen LogP contribution is 2.15. The molecule has 0 aliphatic carbocycles. The summed E-state index contributed by atoms with van der Waals surface area (Å²) in [5.41, 5.74) is 5.86. The van der Waals surface area contributed by atoms with Crippen LogP contribution in [0.5, 0.6) is 0 Å². The second kappa shape index (κ2) is 7.29. The summed E-state index contributed by atoms with van der Waals surface area (Å²) in [6, 6.07) is -0.295. The van der Waals surface area contributed by atoms with E-state index in [-0.39, 0.29) is 6.04 Å². The first-order valence-corrected chi connectivity index (χ1v) is 5.93. The van der Waals surface area contributed by atoms with Crippen LogP contribution in [0.2, 0.25) is 0 Å². The molecule has 0 aliphatic heterocycles. The third-order valence-electron chi connectivity index (χ3n) is 2.69. The molecule has 1 aromatic rings. The number of unbranched alkanes of at least 4 members (excludes halogenated alkanes) is 4. The number of aliphatic hydroxyl groups excluding tert-OH is 1. The molecule has 0 fully saturated rings. The third-order valence-corrected chi connectivity index (χ3v) is 2.69. The Morgan fingerprint density at radius 3 is 2.69 bits per heavy atom. The summed E-state index contributed by atoms with van der Waals surface area (Å²) >= 11 is 0. The number of hydrogen-bond acceptors (Lipinski definition) is 5. The van der Waals surface area contributed by atoms with E-state index < -0.39 is 6.10 Å². The van der Waals surface area contributed by atoms with Crippen molar-refractivity contribution in [3.05, 3.63) is 5.82 Å². The number of aliphatic hydroxyl groups is 1. The van der Waals surface area contributed by atoms with E-state index in [9.17, 15) is 5.11 Å². The molecule has 0 aliphatic rings. The topological polar surface area (TPSA) is 101 Å². The fourth-order valence-corrected chi connectivity index (χ4v) is 1.64. The molecular formula is C10H21N5O. The Bertz CT molecular complexity index is 264. The first-order valence-electron chi connectivity index (χ1n) is 5.93. The molecule has 92 valence electrons. The van der Waals surface area contributed by atoms with Crippen molar-refractivity contribution in [2.75, 3.05) is 0 Å². The highest BCUT2D eigenvalue weighted by Gasteiger charge is 2.19. The van der Waals surface area contributed by atoms with Crippen LogP contribution < -0.4 is 5.73 Å². The quantitative estimate of drug-likeness (QED) is 0.573. The molecule has 2 unspecified atom stereocenters. The lowest BCUT2D eigenvalue weighted by molar-refractivity contribution is 0.131. The van der Waals surface area contributed by atoms with Gasteiger partial charge in [-0.2, -0.15) is 0 Å². The monoisotopic (exact) mass is 227 g/mol. The van der Waals surface area contributed by atoms with Crippen molar-refractivity contribution in [1.82, 2.24) is 20.6 Å². The van der Waals surface area contributed by atoms with E-state index in [0.717, 1.165) is 12.8 Å². The zero-order chi connectivity index (χ0) is 11.8. The largest absolute Gasteiger partial charge is 0.383 e. The molecule has 4 N–H and O–H groups in total. The van der Waals surface area contributed by atoms with Crippen molar-refractivity contribution in [3.63, 3.8) is 0 Å². The van der Waals surface area contributed by atoms with Crippen molar-refractivity contribution in [1.29, 1.82) is 0 Å². The minimum Gasteiger partial charge on any atom is -0.383 e. The minimum absolute atomic E-state index is 0.295. The standard InChI is InChI=1S/C10H21N5O/c1-2-3-4-5-6-7-8(11)9(16)10-12-14-15-13-10/h8-9,16H,2-7,11H2,1H3,(H,12,13,14,15). The van der Waals surface area contributed by atoms with E-state index >= 15 is 0 Å². The molecule has 0 spiro atoms. The van der Waals surface area contributed by atoms with Gasteiger partial charge in [-0.15, -0.1) is 5.10 Å². The lowest BCUT2D eigenvalue weighted by Crippen LogP contribution is -2.29. The van der Waals surface area contributed by atoms with E-state index in [0.29, 0.717) is 5.82 Å². The molecule has 1 heterocycles. The van der Waals surface area contributed by atoms with Crippen LogP contribution >= 0.6 is 0 Å². The van der Waals surface area contributed by atoms with Gasteiger partial charge in [-0.1, -0.05) is 39.0 Å². The molecule has 0 bridgehead atoms. The van der Waals surface area contributed by atoms with E-state index in [2.05, 4.69) is 27.5 Å². The molecule has 16 heavy (non-hydrogen) atoms. The maximum absolute atomic E-state index is 9.78. The van der Waals surface area contributed by atoms with Crippen LogP contribution in [0.3, 0.4) is 0 Å². The normalized spacial score (nSPS) is 14.9. The number of rotatable bonds is 8. The molecule has 6 nitrogen and oxygen atoms in total. The van der Waals surface area contributed by atoms with Crippen molar-refractivity contribution >= 4 is 0 Å². The van der Waals surface area contributed by atoms with E-state index in [1.165, 1.54) is 25.7 Å². The van der Waals surface area contributed by atoms with Gasteiger partial charge >= 0.3 is 0 Å². The van der Waals surface area contributed by atoms with Gasteiger partial charge in [-0.05, 0) is 16.8 Å². The molecule has 0 radical (unpaired) electrons. The summed E-state index contributed by atoms with van der Waals surface area (Å²) in [5, 5.41) is 22.8. The molecule has 0 saturated carbocycles. The highest BCUT2D eigenvalue weighted by molar-refractivity contribution is 4.89. The lowest BCUT2D eigenvalue weighted by Gasteiger charge is -2.15. The van der Waals surface area contributed by atoms with Crippen LogP contribution in [-0.4, -0.2) is 31.8 Å². The minimum atomic E-state index is -0.791. The number of nitrogens with two attached hydrogens (primary N) is 1. The molecule has 6 heteroatoms. The number of tetrazole rings is 1. The SMILES string of the molecule is CCCCCCCC(N)C(O)c1nnn[nH]1. The van der Waals surface area contributed by atoms with Gasteiger partial charge in [0.05, 0.1) is 0 Å². The van der Waals surface area contributed by atoms with Crippen molar-refractivity contribution < 1.29 is 5.11 Å². The van der Waals surface area contributed by atoms with Crippen LogP contribution in [0.25, 0.3) is 0 Å². The summed E-state index contributed by atoms with van der Waals surface area (Å²) in [6.45, 7) is 2.19. The lowest BCUT2D eigenvalue weighted by atomic mass is 10.0. The van der Waals surface area contributed by atoms with Crippen molar-refractivity contribution in [2.45, 2.75) is 57.6 Å². The molecule has 0 aromatic carbocycles. The fourth-order valence-electron chi connectivity index (χ4n) is 1.64. The summed E-state index contributed by atoms with van der Waals surface area (Å²) in [6.07, 6.45) is 5.96. The van der Waals surface area contributed by atoms with Crippen LogP contribution in [0.15, 0.2) is 0 Å². The van der Waals surface area contributed by atoms with Gasteiger partial charge in [0, 0.05) is 6.04 Å². The predicted molar refractivity (Wildman–Crippen MR) is 60.5 cm³/mol. The van der Waals surface area contributed by atoms with Gasteiger partial charge in [0.15, 0.2) is 5.82 Å². The van der Waals surface area contributed by atoms with Gasteiger partial charge in [0.1, 0.15) is 6.10 Å². The Morgan fingerprint density at radius 2 is 2.06 bits per heavy atom. The summed E-state index contributed by atoms with van der Waals surface area (Å²) in [7, 11) is 0. The summed E-state index contributed by atoms with van der Waals surface area (Å²) in [5.74, 6) is 0.348. The smallest absolute Gasteiger partial charge is 0.178 e. The van der Waals surface area contributed by atoms with Gasteiger partial charge in [0.2, 0.25) is 0 Å². The van der Waals surface area contributed by atoms with Gasteiger partial charge in [-0.3, -0.25) is 0 Å². The Kier molecular flexibility index (Phi) is 5.95. The number of nitrogens with one attached hydrogen (secondary N) is 1. The highest BCUT2D eigenvalue weighted by atomic mass is 16.3. The van der Waals surface area contributed by atoms with Crippen LogP contribution in [-0.2, 0) is 0 Å². The molecule has 1 aromatic heterocycles. The van der Waals surface area contributed by atoms with Crippen LogP contribution in [0.1, 0.15) is 57.4 Å². The first-order chi connectivity index (χ1) is 7.75. The first kappa shape index (κ1) is 13.1. The number of aromatic nitrogens is 4. The molecule has 0 saturated heterocycles. The van der Waals surface area contributed by atoms with E-state index in [4.69, 9.17) is 5.73 Å². The van der Waals surface area contributed by atoms with E-state index in [1.54, 1.807) is 0 Å². The predicted octanol–water partition coefficient (Wildman–Crippen LogP) is 0.921. The van der Waals surface area contributed by atoms with Crippen molar-refractivity contribution in [3.8, 4) is 0 Å². The molecular weight excluding hydrogens is 206 g/mol. The van der Waals surface area contributed by atoms with Gasteiger partial charge in [-0.25, -0.2) is 5.10 Å². The number of hydrogen-bond donors (Lipinski definition) is 3. The number of aromatic amines is 1. The van der Waals surface area contributed by atoms with Crippen LogP contribution in [0.4, 0.5) is 0 Å². The fraction of sp³-hybridized carbons (Fsp3) is 0.900. The van der Waals surface area contributed by atoms with Gasteiger partial charge < -0.3 is 10.8 Å². The molecule has 0 amide bonds. The maximum atomic E-state index is 9.78. The second-order valence-electron chi connectivity index (χ2n) is 4.10. The third kappa shape index (κ3) is 4.24. The van der Waals surface area contributed by atoms with Crippen molar-refractivity contribution in [2.24, 2.45) is 5.73 Å². The Hall–Kier alpha value is -1.01.